The highest BCUT2D eigenvalue weighted by Crippen LogP contribution is 2.34. The van der Waals surface area contributed by atoms with Gasteiger partial charge in [-0.1, -0.05) is 11.6 Å². The Labute approximate surface area is 253 Å². The number of rotatable bonds is 6. The van der Waals surface area contributed by atoms with Gasteiger partial charge in [0.15, 0.2) is 5.82 Å². The fraction of sp³-hybridized carbons (Fsp3) is 0.500. The molecule has 2 fully saturated rings. The lowest BCUT2D eigenvalue weighted by Gasteiger charge is -2.34. The summed E-state index contributed by atoms with van der Waals surface area (Å²) in [5, 5.41) is 12.3. The fourth-order valence-corrected chi connectivity index (χ4v) is 5.24. The Kier molecular flexibility index (Phi) is 8.69. The number of anilines is 2. The van der Waals surface area contributed by atoms with Crippen molar-refractivity contribution < 1.29 is 28.6 Å². The standard InChI is InChI=1S/C28H34ClFN8O5/c1-28(2,3)43-26(39)33-19-8-7-18(29)22(32-19)23-20(30)21-17(14-31-23)24(37-10-12-38(13-11-37)27(40)41)35-25(34-21)42-15-16-6-5-9-36(16)4/h7-8,14,16H,5-6,9-13,15H2,1-4H3,(H,40,41)(H,32,33,39)/t16-/m0/s1. The van der Waals surface area contributed by atoms with Gasteiger partial charge in [0.05, 0.1) is 10.4 Å². The average Bonchev–Trinajstić information content (AvgIpc) is 3.36. The third kappa shape index (κ3) is 6.96. The van der Waals surface area contributed by atoms with E-state index in [4.69, 9.17) is 21.1 Å². The van der Waals surface area contributed by atoms with Crippen LogP contribution < -0.4 is 15.0 Å². The summed E-state index contributed by atoms with van der Waals surface area (Å²) in [7, 11) is 2.02. The third-order valence-corrected chi connectivity index (χ3v) is 7.57. The van der Waals surface area contributed by atoms with Gasteiger partial charge in [0, 0.05) is 38.4 Å². The minimum atomic E-state index is -0.998. The monoisotopic (exact) mass is 616 g/mol. The van der Waals surface area contributed by atoms with Gasteiger partial charge >= 0.3 is 18.2 Å². The number of aromatic nitrogens is 4. The summed E-state index contributed by atoms with van der Waals surface area (Å²) in [5.74, 6) is -0.307. The Morgan fingerprint density at radius 3 is 2.51 bits per heavy atom. The second-order valence-corrected chi connectivity index (χ2v) is 11.9. The lowest BCUT2D eigenvalue weighted by molar-refractivity contribution is 0.0635. The van der Waals surface area contributed by atoms with E-state index in [1.54, 1.807) is 20.8 Å². The predicted molar refractivity (Wildman–Crippen MR) is 158 cm³/mol. The molecule has 0 aromatic carbocycles. The highest BCUT2D eigenvalue weighted by Gasteiger charge is 2.28. The van der Waals surface area contributed by atoms with E-state index in [0.717, 1.165) is 19.4 Å². The number of carbonyl (C=O) groups is 2. The Hall–Kier alpha value is -4.04. The Morgan fingerprint density at radius 1 is 1.12 bits per heavy atom. The molecule has 2 saturated heterocycles. The van der Waals surface area contributed by atoms with Crippen molar-refractivity contribution in [2.24, 2.45) is 0 Å². The van der Waals surface area contributed by atoms with Crippen molar-refractivity contribution in [3.8, 4) is 17.4 Å². The second-order valence-electron chi connectivity index (χ2n) is 11.5. The molecule has 5 rings (SSSR count). The molecule has 3 aromatic heterocycles. The lowest BCUT2D eigenvalue weighted by Crippen LogP contribution is -2.48. The number of halogens is 2. The number of hydrogen-bond donors (Lipinski definition) is 2. The highest BCUT2D eigenvalue weighted by molar-refractivity contribution is 6.33. The number of hydrogen-bond acceptors (Lipinski definition) is 10. The molecule has 15 heteroatoms. The first-order valence-corrected chi connectivity index (χ1v) is 14.4. The molecule has 2 amide bonds. The van der Waals surface area contributed by atoms with E-state index in [1.165, 1.54) is 23.2 Å². The largest absolute Gasteiger partial charge is 0.465 e. The SMILES string of the molecule is CN1CCC[C@H]1COc1nc(N2CCN(C(=O)O)CC2)c2cnc(-c3nc(NC(=O)OC(C)(C)C)ccc3Cl)c(F)c2n1. The summed E-state index contributed by atoms with van der Waals surface area (Å²) >= 11 is 6.42. The van der Waals surface area contributed by atoms with Crippen molar-refractivity contribution in [3.63, 3.8) is 0 Å². The molecule has 43 heavy (non-hydrogen) atoms. The Bertz CT molecular complexity index is 1530. The number of fused-ring (bicyclic) bond motifs is 1. The van der Waals surface area contributed by atoms with Crippen LogP contribution in [0, 0.1) is 5.82 Å². The van der Waals surface area contributed by atoms with Crippen LogP contribution in [-0.4, -0.2) is 105 Å². The molecule has 2 N–H and O–H groups in total. The number of likely N-dealkylation sites (tertiary alicyclic amines) is 1. The van der Waals surface area contributed by atoms with Gasteiger partial charge in [0.2, 0.25) is 0 Å². The summed E-state index contributed by atoms with van der Waals surface area (Å²) in [6.45, 7) is 7.69. The zero-order valence-electron chi connectivity index (χ0n) is 24.4. The number of carboxylic acid groups (broad SMARTS) is 1. The minimum Gasteiger partial charge on any atom is -0.465 e. The number of ether oxygens (including phenoxy) is 2. The molecule has 0 saturated carbocycles. The van der Waals surface area contributed by atoms with Gasteiger partial charge in [0.25, 0.3) is 0 Å². The molecule has 0 spiro atoms. The van der Waals surface area contributed by atoms with E-state index < -0.39 is 23.6 Å². The predicted octanol–water partition coefficient (Wildman–Crippen LogP) is 4.50. The smallest absolute Gasteiger partial charge is 0.413 e. The van der Waals surface area contributed by atoms with Gasteiger partial charge in [0.1, 0.15) is 40.7 Å². The zero-order valence-corrected chi connectivity index (χ0v) is 25.2. The molecule has 0 radical (unpaired) electrons. The molecule has 1 atom stereocenters. The Morgan fingerprint density at radius 2 is 1.86 bits per heavy atom. The van der Waals surface area contributed by atoms with E-state index in [2.05, 4.69) is 30.2 Å². The molecule has 2 aliphatic heterocycles. The zero-order chi connectivity index (χ0) is 30.9. The summed E-state index contributed by atoms with van der Waals surface area (Å²) in [6.07, 6.45) is 1.74. The summed E-state index contributed by atoms with van der Waals surface area (Å²) < 4.78 is 27.6. The van der Waals surface area contributed by atoms with Crippen LogP contribution in [0.2, 0.25) is 5.02 Å². The topological polar surface area (TPSA) is 146 Å². The maximum atomic E-state index is 16.3. The minimum absolute atomic E-state index is 0.0000844. The maximum absolute atomic E-state index is 16.3. The normalized spacial score (nSPS) is 17.8. The summed E-state index contributed by atoms with van der Waals surface area (Å²) in [6, 6.07) is 3.13. The van der Waals surface area contributed by atoms with Gasteiger partial charge in [-0.2, -0.15) is 9.97 Å². The number of carbonyl (C=O) groups excluding carboxylic acids is 1. The number of nitrogens with one attached hydrogen (secondary N) is 1. The van der Waals surface area contributed by atoms with E-state index in [1.807, 2.05) is 11.9 Å². The van der Waals surface area contributed by atoms with Gasteiger partial charge in [-0.05, 0) is 59.3 Å². The molecule has 0 aliphatic carbocycles. The van der Waals surface area contributed by atoms with E-state index in [-0.39, 0.29) is 52.9 Å². The molecule has 3 aromatic rings. The quantitative estimate of drug-likeness (QED) is 0.403. The fourth-order valence-electron chi connectivity index (χ4n) is 5.05. The first-order valence-electron chi connectivity index (χ1n) is 14.0. The molecule has 0 bridgehead atoms. The summed E-state index contributed by atoms with van der Waals surface area (Å²) in [5.41, 5.74) is -0.948. The number of likely N-dealkylation sites (N-methyl/N-ethyl adjacent to an activating group) is 1. The van der Waals surface area contributed by atoms with Crippen LogP contribution in [0.15, 0.2) is 18.3 Å². The molecule has 230 valence electrons. The van der Waals surface area contributed by atoms with E-state index in [0.29, 0.717) is 30.9 Å². The van der Waals surface area contributed by atoms with E-state index >= 15 is 4.39 Å². The van der Waals surface area contributed by atoms with Crippen molar-refractivity contribution in [2.45, 2.75) is 45.3 Å². The Balaban J connectivity index is 1.52. The van der Waals surface area contributed by atoms with Gasteiger partial charge in [-0.25, -0.2) is 19.0 Å². The van der Waals surface area contributed by atoms with E-state index in [9.17, 15) is 14.7 Å². The maximum Gasteiger partial charge on any atom is 0.413 e. The van der Waals surface area contributed by atoms with Crippen LogP contribution in [0.5, 0.6) is 6.01 Å². The second kappa shape index (κ2) is 12.3. The summed E-state index contributed by atoms with van der Waals surface area (Å²) in [4.78, 5) is 46.8. The molecular formula is C28H34ClFN8O5. The number of pyridine rings is 2. The van der Waals surface area contributed by atoms with Crippen LogP contribution in [-0.2, 0) is 4.74 Å². The van der Waals surface area contributed by atoms with Crippen LogP contribution in [0.25, 0.3) is 22.3 Å². The van der Waals surface area contributed by atoms with Crippen molar-refractivity contribution in [1.29, 1.82) is 0 Å². The third-order valence-electron chi connectivity index (χ3n) is 7.27. The molecule has 0 unspecified atom stereocenters. The van der Waals surface area contributed by atoms with Crippen LogP contribution in [0.4, 0.5) is 25.6 Å². The van der Waals surface area contributed by atoms with Crippen molar-refractivity contribution in [2.75, 3.05) is 56.6 Å². The van der Waals surface area contributed by atoms with Crippen molar-refractivity contribution in [1.82, 2.24) is 29.7 Å². The van der Waals surface area contributed by atoms with Crippen molar-refractivity contribution >= 4 is 46.3 Å². The van der Waals surface area contributed by atoms with Crippen LogP contribution in [0.1, 0.15) is 33.6 Å². The van der Waals surface area contributed by atoms with Crippen molar-refractivity contribution in [3.05, 3.63) is 29.2 Å². The molecule has 2 aliphatic rings. The van der Waals surface area contributed by atoms with Gasteiger partial charge in [-0.15, -0.1) is 0 Å². The number of amides is 2. The lowest BCUT2D eigenvalue weighted by atomic mass is 10.1. The van der Waals surface area contributed by atoms with Gasteiger partial charge in [-0.3, -0.25) is 10.3 Å². The number of nitrogens with zero attached hydrogens (tertiary/aromatic N) is 7. The molecule has 13 nitrogen and oxygen atoms in total. The number of piperazine rings is 1. The first-order chi connectivity index (χ1) is 20.4. The molecular weight excluding hydrogens is 583 g/mol. The van der Waals surface area contributed by atoms with Crippen LogP contribution in [0.3, 0.4) is 0 Å². The van der Waals surface area contributed by atoms with Gasteiger partial charge < -0.3 is 29.3 Å². The average molecular weight is 617 g/mol. The highest BCUT2D eigenvalue weighted by atomic mass is 35.5. The first kappa shape index (κ1) is 30.4. The van der Waals surface area contributed by atoms with Crippen LogP contribution >= 0.6 is 11.6 Å². The molecule has 5 heterocycles.